The van der Waals surface area contributed by atoms with Crippen molar-refractivity contribution in [1.82, 2.24) is 5.32 Å². The Labute approximate surface area is 65.9 Å². The standard InChI is InChI=1S/C7H15NO3/c9-3-5-1-8-2-6(4-10)7(5)11/h5-11H,1-4H2. The molecule has 0 bridgehead atoms. The molecule has 2 unspecified atom stereocenters. The molecule has 4 N–H and O–H groups in total. The summed E-state index contributed by atoms with van der Waals surface area (Å²) in [5, 5.41) is 30.1. The van der Waals surface area contributed by atoms with Gasteiger partial charge in [0, 0.05) is 38.1 Å². The minimum absolute atomic E-state index is 0.0231. The molecule has 0 amide bonds. The molecule has 1 heterocycles. The zero-order valence-electron chi connectivity index (χ0n) is 6.40. The van der Waals surface area contributed by atoms with Gasteiger partial charge in [-0.25, -0.2) is 0 Å². The second-order valence-corrected chi connectivity index (χ2v) is 3.03. The van der Waals surface area contributed by atoms with Crippen LogP contribution in [0.1, 0.15) is 0 Å². The van der Waals surface area contributed by atoms with Crippen LogP contribution < -0.4 is 5.32 Å². The van der Waals surface area contributed by atoms with E-state index in [0.29, 0.717) is 13.1 Å². The van der Waals surface area contributed by atoms with Crippen LogP contribution in [0.15, 0.2) is 0 Å². The molecule has 1 fully saturated rings. The maximum Gasteiger partial charge on any atom is 0.0664 e. The smallest absolute Gasteiger partial charge is 0.0664 e. The minimum atomic E-state index is -0.564. The molecular weight excluding hydrogens is 146 g/mol. The molecule has 66 valence electrons. The van der Waals surface area contributed by atoms with E-state index in [9.17, 15) is 5.11 Å². The van der Waals surface area contributed by atoms with Crippen molar-refractivity contribution >= 4 is 0 Å². The average molecular weight is 161 g/mol. The van der Waals surface area contributed by atoms with Crippen molar-refractivity contribution in [3.05, 3.63) is 0 Å². The molecule has 0 aromatic rings. The number of hydrogen-bond donors (Lipinski definition) is 4. The Hall–Kier alpha value is -0.160. The van der Waals surface area contributed by atoms with Crippen LogP contribution in [-0.2, 0) is 0 Å². The van der Waals surface area contributed by atoms with E-state index in [2.05, 4.69) is 5.32 Å². The van der Waals surface area contributed by atoms with Gasteiger partial charge in [-0.2, -0.15) is 0 Å². The Kier molecular flexibility index (Phi) is 3.26. The first-order valence-corrected chi connectivity index (χ1v) is 3.90. The summed E-state index contributed by atoms with van der Waals surface area (Å²) in [5.41, 5.74) is 0. The molecule has 0 aromatic carbocycles. The molecule has 0 aromatic heterocycles. The van der Waals surface area contributed by atoms with Crippen LogP contribution in [0.4, 0.5) is 0 Å². The van der Waals surface area contributed by atoms with Crippen molar-refractivity contribution in [3.63, 3.8) is 0 Å². The van der Waals surface area contributed by atoms with Gasteiger partial charge in [0.1, 0.15) is 0 Å². The van der Waals surface area contributed by atoms with Crippen molar-refractivity contribution < 1.29 is 15.3 Å². The van der Waals surface area contributed by atoms with E-state index in [4.69, 9.17) is 10.2 Å². The summed E-state index contributed by atoms with van der Waals surface area (Å²) in [4.78, 5) is 0. The SMILES string of the molecule is OCC1CNCC(CO)C1O. The zero-order valence-corrected chi connectivity index (χ0v) is 6.40. The number of aliphatic hydroxyl groups excluding tert-OH is 3. The zero-order chi connectivity index (χ0) is 8.27. The third-order valence-electron chi connectivity index (χ3n) is 2.25. The topological polar surface area (TPSA) is 72.7 Å². The van der Waals surface area contributed by atoms with E-state index in [1.165, 1.54) is 0 Å². The maximum absolute atomic E-state index is 9.47. The van der Waals surface area contributed by atoms with Crippen molar-refractivity contribution in [3.8, 4) is 0 Å². The van der Waals surface area contributed by atoms with Gasteiger partial charge in [-0.05, 0) is 0 Å². The third-order valence-corrected chi connectivity index (χ3v) is 2.25. The largest absolute Gasteiger partial charge is 0.396 e. The van der Waals surface area contributed by atoms with Gasteiger partial charge in [0.15, 0.2) is 0 Å². The number of piperidine rings is 1. The second kappa shape index (κ2) is 4.01. The van der Waals surface area contributed by atoms with Gasteiger partial charge in [0.2, 0.25) is 0 Å². The van der Waals surface area contributed by atoms with Crippen LogP contribution in [0.2, 0.25) is 0 Å². The fourth-order valence-electron chi connectivity index (χ4n) is 1.43. The van der Waals surface area contributed by atoms with Crippen LogP contribution in [0.25, 0.3) is 0 Å². The summed E-state index contributed by atoms with van der Waals surface area (Å²) in [6, 6.07) is 0. The third kappa shape index (κ3) is 1.90. The molecule has 4 nitrogen and oxygen atoms in total. The van der Waals surface area contributed by atoms with Crippen LogP contribution in [0.5, 0.6) is 0 Å². The lowest BCUT2D eigenvalue weighted by Gasteiger charge is -2.33. The summed E-state index contributed by atoms with van der Waals surface area (Å²) in [6.45, 7) is 1.22. The molecule has 11 heavy (non-hydrogen) atoms. The average Bonchev–Trinajstić information content (AvgIpc) is 2.05. The first kappa shape index (κ1) is 8.93. The van der Waals surface area contributed by atoms with Crippen LogP contribution >= 0.6 is 0 Å². The molecular formula is C7H15NO3. The van der Waals surface area contributed by atoms with Gasteiger partial charge in [-0.1, -0.05) is 0 Å². The molecule has 1 rings (SSSR count). The Morgan fingerprint density at radius 2 is 1.55 bits per heavy atom. The quantitative estimate of drug-likeness (QED) is 0.384. The lowest BCUT2D eigenvalue weighted by Crippen LogP contribution is -2.49. The number of rotatable bonds is 2. The molecule has 1 saturated heterocycles. The Bertz CT molecular complexity index is 108. The highest BCUT2D eigenvalue weighted by Gasteiger charge is 2.30. The maximum atomic E-state index is 9.47. The predicted octanol–water partition coefficient (Wildman–Crippen LogP) is -1.83. The lowest BCUT2D eigenvalue weighted by molar-refractivity contribution is -0.0167. The van der Waals surface area contributed by atoms with E-state index in [1.54, 1.807) is 0 Å². The van der Waals surface area contributed by atoms with Crippen molar-refractivity contribution in [1.29, 1.82) is 0 Å². The van der Waals surface area contributed by atoms with Gasteiger partial charge in [0.25, 0.3) is 0 Å². The highest BCUT2D eigenvalue weighted by molar-refractivity contribution is 4.83. The summed E-state index contributed by atoms with van der Waals surface area (Å²) >= 11 is 0. The van der Waals surface area contributed by atoms with Gasteiger partial charge in [-0.15, -0.1) is 0 Å². The van der Waals surface area contributed by atoms with Gasteiger partial charge in [0.05, 0.1) is 6.10 Å². The first-order chi connectivity index (χ1) is 5.29. The molecule has 1 aliphatic heterocycles. The Balaban J connectivity index is 2.45. The highest BCUT2D eigenvalue weighted by Crippen LogP contribution is 2.15. The molecule has 0 aliphatic carbocycles. The minimum Gasteiger partial charge on any atom is -0.396 e. The summed E-state index contributed by atoms with van der Waals surface area (Å²) in [5.74, 6) is -0.248. The Morgan fingerprint density at radius 3 is 1.91 bits per heavy atom. The van der Waals surface area contributed by atoms with Gasteiger partial charge >= 0.3 is 0 Å². The van der Waals surface area contributed by atoms with Crippen LogP contribution in [-0.4, -0.2) is 47.7 Å². The van der Waals surface area contributed by atoms with E-state index in [0.717, 1.165) is 0 Å². The highest BCUT2D eigenvalue weighted by atomic mass is 16.3. The van der Waals surface area contributed by atoms with Crippen molar-refractivity contribution in [2.75, 3.05) is 26.3 Å². The van der Waals surface area contributed by atoms with E-state index >= 15 is 0 Å². The lowest BCUT2D eigenvalue weighted by atomic mass is 9.88. The number of aliphatic hydroxyl groups is 3. The summed E-state index contributed by atoms with van der Waals surface area (Å²) in [6.07, 6.45) is -0.564. The number of hydrogen-bond acceptors (Lipinski definition) is 4. The van der Waals surface area contributed by atoms with E-state index in [-0.39, 0.29) is 25.0 Å². The predicted molar refractivity (Wildman–Crippen MR) is 40.0 cm³/mol. The van der Waals surface area contributed by atoms with Crippen LogP contribution in [0, 0.1) is 11.8 Å². The molecule has 4 heteroatoms. The molecule has 2 atom stereocenters. The van der Waals surface area contributed by atoms with Gasteiger partial charge in [-0.3, -0.25) is 0 Å². The summed E-state index contributed by atoms with van der Waals surface area (Å²) < 4.78 is 0. The first-order valence-electron chi connectivity index (χ1n) is 3.90. The number of nitrogens with one attached hydrogen (secondary N) is 1. The Morgan fingerprint density at radius 1 is 1.09 bits per heavy atom. The molecule has 0 saturated carbocycles. The molecule has 0 spiro atoms. The van der Waals surface area contributed by atoms with Crippen LogP contribution in [0.3, 0.4) is 0 Å². The fourth-order valence-corrected chi connectivity index (χ4v) is 1.43. The van der Waals surface area contributed by atoms with Crippen molar-refractivity contribution in [2.24, 2.45) is 11.8 Å². The van der Waals surface area contributed by atoms with Crippen molar-refractivity contribution in [2.45, 2.75) is 6.10 Å². The summed E-state index contributed by atoms with van der Waals surface area (Å²) in [7, 11) is 0. The van der Waals surface area contributed by atoms with E-state index in [1.807, 2.05) is 0 Å². The molecule has 0 radical (unpaired) electrons. The van der Waals surface area contributed by atoms with E-state index < -0.39 is 6.10 Å². The second-order valence-electron chi connectivity index (χ2n) is 3.03. The normalized spacial score (nSPS) is 39.0. The van der Waals surface area contributed by atoms with Gasteiger partial charge < -0.3 is 20.6 Å². The molecule has 1 aliphatic rings. The fraction of sp³-hybridized carbons (Fsp3) is 1.00. The monoisotopic (exact) mass is 161 g/mol.